The molecule has 9 heteroatoms. The number of imide groups is 1. The van der Waals surface area contributed by atoms with Crippen LogP contribution in [0.1, 0.15) is 11.1 Å². The minimum atomic E-state index is -0.594. The summed E-state index contributed by atoms with van der Waals surface area (Å²) in [7, 11) is 0. The third-order valence-corrected chi connectivity index (χ3v) is 6.41. The highest BCUT2D eigenvalue weighted by Gasteiger charge is 2.36. The zero-order valence-corrected chi connectivity index (χ0v) is 20.6. The second kappa shape index (κ2) is 10.8. The van der Waals surface area contributed by atoms with Crippen molar-refractivity contribution in [3.05, 3.63) is 98.2 Å². The van der Waals surface area contributed by atoms with Crippen molar-refractivity contribution in [3.63, 3.8) is 0 Å². The van der Waals surface area contributed by atoms with Crippen LogP contribution in [0.2, 0.25) is 0 Å². The number of amides is 3. The molecule has 6 nitrogen and oxygen atoms in total. The SMILES string of the molecule is O=C(CN1C(=O)S/C(=C/c2ccc(OCc3ccc(I)cc3)cc2)C1=O)Nc1cccc(F)c1. The van der Waals surface area contributed by atoms with Gasteiger partial charge < -0.3 is 10.1 Å². The van der Waals surface area contributed by atoms with Gasteiger partial charge in [0.1, 0.15) is 24.7 Å². The van der Waals surface area contributed by atoms with Crippen LogP contribution in [0.15, 0.2) is 77.7 Å². The lowest BCUT2D eigenvalue weighted by Gasteiger charge is -2.12. The van der Waals surface area contributed by atoms with Crippen LogP contribution in [-0.2, 0) is 16.2 Å². The topological polar surface area (TPSA) is 75.7 Å². The maximum absolute atomic E-state index is 13.3. The van der Waals surface area contributed by atoms with E-state index in [1.807, 2.05) is 24.3 Å². The molecule has 1 fully saturated rings. The van der Waals surface area contributed by atoms with E-state index in [0.717, 1.165) is 37.4 Å². The van der Waals surface area contributed by atoms with Gasteiger partial charge in [-0.3, -0.25) is 19.3 Å². The molecule has 0 bridgehead atoms. The molecule has 34 heavy (non-hydrogen) atoms. The van der Waals surface area contributed by atoms with Crippen molar-refractivity contribution in [2.24, 2.45) is 0 Å². The van der Waals surface area contributed by atoms with Gasteiger partial charge in [-0.15, -0.1) is 0 Å². The molecule has 3 amide bonds. The van der Waals surface area contributed by atoms with Gasteiger partial charge in [-0.05, 0) is 94.0 Å². The highest BCUT2D eigenvalue weighted by molar-refractivity contribution is 14.1. The summed E-state index contributed by atoms with van der Waals surface area (Å²) in [5, 5.41) is 1.94. The third-order valence-electron chi connectivity index (χ3n) is 4.78. The number of thioether (sulfide) groups is 1. The molecule has 1 N–H and O–H groups in total. The van der Waals surface area contributed by atoms with Gasteiger partial charge in [-0.2, -0.15) is 0 Å². The van der Waals surface area contributed by atoms with E-state index in [-0.39, 0.29) is 10.6 Å². The van der Waals surface area contributed by atoms with Crippen molar-refractivity contribution < 1.29 is 23.5 Å². The number of hydrogen-bond acceptors (Lipinski definition) is 5. The average Bonchev–Trinajstić information content (AvgIpc) is 3.07. The highest BCUT2D eigenvalue weighted by Crippen LogP contribution is 2.32. The Morgan fingerprint density at radius 2 is 1.79 bits per heavy atom. The van der Waals surface area contributed by atoms with Crippen LogP contribution in [0.4, 0.5) is 14.9 Å². The Morgan fingerprint density at radius 1 is 1.06 bits per heavy atom. The van der Waals surface area contributed by atoms with Crippen LogP contribution in [0.5, 0.6) is 5.75 Å². The Kier molecular flexibility index (Phi) is 7.63. The molecule has 0 radical (unpaired) electrons. The van der Waals surface area contributed by atoms with Crippen molar-refractivity contribution >= 4 is 63.2 Å². The number of carbonyl (C=O) groups excluding carboxylic acids is 3. The molecule has 0 unspecified atom stereocenters. The molecule has 4 rings (SSSR count). The van der Waals surface area contributed by atoms with Gasteiger partial charge in [-0.25, -0.2) is 4.39 Å². The van der Waals surface area contributed by atoms with Crippen molar-refractivity contribution in [3.8, 4) is 5.75 Å². The standard InChI is InChI=1S/C25H18FIN2O4S/c26-18-2-1-3-20(13-18)28-23(30)14-29-24(31)22(34-25(29)32)12-16-6-10-21(11-7-16)33-15-17-4-8-19(27)9-5-17/h1-13H,14-15H2,(H,28,30)/b22-12+. The Bertz CT molecular complexity index is 1260. The molecule has 1 aliphatic heterocycles. The molecule has 172 valence electrons. The van der Waals surface area contributed by atoms with Crippen molar-refractivity contribution in [2.75, 3.05) is 11.9 Å². The van der Waals surface area contributed by atoms with Gasteiger partial charge >= 0.3 is 0 Å². The molecule has 0 aromatic heterocycles. The van der Waals surface area contributed by atoms with Crippen LogP contribution in [0.3, 0.4) is 0 Å². The number of benzene rings is 3. The summed E-state index contributed by atoms with van der Waals surface area (Å²) < 4.78 is 20.2. The van der Waals surface area contributed by atoms with Gasteiger partial charge in [0.15, 0.2) is 0 Å². The van der Waals surface area contributed by atoms with Crippen LogP contribution < -0.4 is 10.1 Å². The Morgan fingerprint density at radius 3 is 2.50 bits per heavy atom. The van der Waals surface area contributed by atoms with Crippen LogP contribution in [0.25, 0.3) is 6.08 Å². The van der Waals surface area contributed by atoms with Gasteiger partial charge in [-0.1, -0.05) is 30.3 Å². The van der Waals surface area contributed by atoms with E-state index in [1.54, 1.807) is 30.3 Å². The Hall–Kier alpha value is -3.18. The van der Waals surface area contributed by atoms with Crippen molar-refractivity contribution in [2.45, 2.75) is 6.61 Å². The summed E-state index contributed by atoms with van der Waals surface area (Å²) >= 11 is 3.01. The molecular formula is C25H18FIN2O4S. The average molecular weight is 588 g/mol. The molecule has 3 aromatic rings. The minimum absolute atomic E-state index is 0.219. The second-order valence-corrected chi connectivity index (χ2v) is 9.55. The molecule has 0 atom stereocenters. The first-order valence-corrected chi connectivity index (χ1v) is 12.0. The smallest absolute Gasteiger partial charge is 0.294 e. The number of halogens is 2. The first-order chi connectivity index (χ1) is 16.4. The molecule has 0 aliphatic carbocycles. The molecule has 0 spiro atoms. The summed E-state index contributed by atoms with van der Waals surface area (Å²) in [6, 6.07) is 20.6. The second-order valence-electron chi connectivity index (χ2n) is 7.31. The number of anilines is 1. The maximum atomic E-state index is 13.3. The van der Waals surface area contributed by atoms with Crippen molar-refractivity contribution in [1.82, 2.24) is 4.90 Å². The molecule has 0 saturated carbocycles. The molecule has 3 aromatic carbocycles. The minimum Gasteiger partial charge on any atom is -0.489 e. The predicted octanol–water partition coefficient (Wildman–Crippen LogP) is 5.68. The lowest BCUT2D eigenvalue weighted by atomic mass is 10.2. The van der Waals surface area contributed by atoms with Gasteiger partial charge in [0.25, 0.3) is 11.1 Å². The quantitative estimate of drug-likeness (QED) is 0.284. The van der Waals surface area contributed by atoms with Gasteiger partial charge in [0.2, 0.25) is 5.91 Å². The first-order valence-electron chi connectivity index (χ1n) is 10.2. The van der Waals surface area contributed by atoms with Crippen LogP contribution in [-0.4, -0.2) is 28.5 Å². The fourth-order valence-electron chi connectivity index (χ4n) is 3.11. The molecule has 1 heterocycles. The van der Waals surface area contributed by atoms with E-state index in [1.165, 1.54) is 18.2 Å². The number of ether oxygens (including phenoxy) is 1. The number of rotatable bonds is 7. The lowest BCUT2D eigenvalue weighted by Crippen LogP contribution is -2.36. The van der Waals surface area contributed by atoms with Crippen molar-refractivity contribution in [1.29, 1.82) is 0 Å². The normalized spacial score (nSPS) is 14.5. The maximum Gasteiger partial charge on any atom is 0.294 e. The summed E-state index contributed by atoms with van der Waals surface area (Å²) in [6.45, 7) is -0.0172. The number of nitrogens with zero attached hydrogens (tertiary/aromatic N) is 1. The fourth-order valence-corrected chi connectivity index (χ4v) is 4.30. The Labute approximate surface area is 213 Å². The van der Waals surface area contributed by atoms with E-state index in [0.29, 0.717) is 12.4 Å². The van der Waals surface area contributed by atoms with E-state index in [2.05, 4.69) is 27.9 Å². The van der Waals surface area contributed by atoms with Crippen LogP contribution in [0, 0.1) is 9.39 Å². The number of carbonyl (C=O) groups is 3. The third kappa shape index (κ3) is 6.23. The summed E-state index contributed by atoms with van der Waals surface area (Å²) in [5.74, 6) is -0.969. The zero-order valence-electron chi connectivity index (χ0n) is 17.7. The van der Waals surface area contributed by atoms with Gasteiger partial charge in [0, 0.05) is 9.26 Å². The Balaban J connectivity index is 1.35. The van der Waals surface area contributed by atoms with E-state index in [4.69, 9.17) is 4.74 Å². The highest BCUT2D eigenvalue weighted by atomic mass is 127. The summed E-state index contributed by atoms with van der Waals surface area (Å²) in [4.78, 5) is 38.3. The van der Waals surface area contributed by atoms with Gasteiger partial charge in [0.05, 0.1) is 4.91 Å². The van der Waals surface area contributed by atoms with E-state index in [9.17, 15) is 18.8 Å². The van der Waals surface area contributed by atoms with Crippen LogP contribution >= 0.6 is 34.4 Å². The molecule has 1 saturated heterocycles. The monoisotopic (exact) mass is 588 g/mol. The predicted molar refractivity (Wildman–Crippen MR) is 138 cm³/mol. The fraction of sp³-hybridized carbons (Fsp3) is 0.0800. The summed E-state index contributed by atoms with van der Waals surface area (Å²) in [5.41, 5.74) is 2.02. The molecule has 1 aliphatic rings. The number of nitrogens with one attached hydrogen (secondary N) is 1. The zero-order chi connectivity index (χ0) is 24.1. The molecular weight excluding hydrogens is 570 g/mol. The number of hydrogen-bond donors (Lipinski definition) is 1. The summed E-state index contributed by atoms with van der Waals surface area (Å²) in [6.07, 6.45) is 1.60. The van der Waals surface area contributed by atoms with E-state index >= 15 is 0 Å². The first kappa shape index (κ1) is 24.0. The largest absolute Gasteiger partial charge is 0.489 e. The van der Waals surface area contributed by atoms with E-state index < -0.39 is 29.4 Å². The lowest BCUT2D eigenvalue weighted by molar-refractivity contribution is -0.127.